The molecule has 0 aromatic carbocycles. The normalized spacial score (nSPS) is 11.9. The molecule has 0 unspecified atom stereocenters. The molecule has 0 rings (SSSR count). The summed E-state index contributed by atoms with van der Waals surface area (Å²) in [6.45, 7) is 9.02. The van der Waals surface area contributed by atoms with E-state index in [-0.39, 0.29) is 31.1 Å². The Labute approximate surface area is 368 Å². The van der Waals surface area contributed by atoms with Crippen LogP contribution in [-0.2, 0) is 28.6 Å². The van der Waals surface area contributed by atoms with Gasteiger partial charge in [-0.2, -0.15) is 0 Å². The summed E-state index contributed by atoms with van der Waals surface area (Å²) in [6.07, 6.45) is 49.4. The molecule has 0 amide bonds. The maximum Gasteiger partial charge on any atom is 0.306 e. The van der Waals surface area contributed by atoms with Gasteiger partial charge in [0, 0.05) is 19.3 Å². The second-order valence-electron chi connectivity index (χ2n) is 18.6. The van der Waals surface area contributed by atoms with E-state index >= 15 is 0 Å². The molecule has 350 valence electrons. The number of ether oxygens (including phenoxy) is 3. The van der Waals surface area contributed by atoms with Gasteiger partial charge in [-0.05, 0) is 25.2 Å². The molecule has 0 aromatic heterocycles. The fourth-order valence-electron chi connectivity index (χ4n) is 8.04. The van der Waals surface area contributed by atoms with Gasteiger partial charge in [0.2, 0.25) is 0 Å². The molecule has 0 saturated carbocycles. The van der Waals surface area contributed by atoms with E-state index < -0.39 is 6.10 Å². The Morgan fingerprint density at radius 2 is 0.559 bits per heavy atom. The van der Waals surface area contributed by atoms with Crippen molar-refractivity contribution in [3.05, 3.63) is 0 Å². The summed E-state index contributed by atoms with van der Waals surface area (Å²) in [5.41, 5.74) is 0. The molecule has 0 bridgehead atoms. The van der Waals surface area contributed by atoms with E-state index in [4.69, 9.17) is 14.2 Å². The van der Waals surface area contributed by atoms with Gasteiger partial charge in [0.1, 0.15) is 13.2 Å². The van der Waals surface area contributed by atoms with Crippen LogP contribution in [0.4, 0.5) is 0 Å². The van der Waals surface area contributed by atoms with Crippen molar-refractivity contribution >= 4 is 17.9 Å². The molecule has 0 spiro atoms. The Kier molecular flexibility index (Phi) is 46.2. The van der Waals surface area contributed by atoms with Crippen LogP contribution >= 0.6 is 0 Å². The average Bonchev–Trinajstić information content (AvgIpc) is 3.22. The summed E-state index contributed by atoms with van der Waals surface area (Å²) < 4.78 is 16.8. The Balaban J connectivity index is 4.29. The zero-order chi connectivity index (χ0) is 43.1. The molecule has 0 aliphatic rings. The van der Waals surface area contributed by atoms with Crippen LogP contribution in [0.2, 0.25) is 0 Å². The number of hydrogen-bond acceptors (Lipinski definition) is 6. The molecule has 0 fully saturated rings. The van der Waals surface area contributed by atoms with Crippen molar-refractivity contribution in [2.45, 2.75) is 303 Å². The Morgan fingerprint density at radius 1 is 0.322 bits per heavy atom. The maximum atomic E-state index is 12.8. The van der Waals surface area contributed by atoms with Crippen LogP contribution in [0.3, 0.4) is 0 Å². The molecular formula is C53H102O6. The van der Waals surface area contributed by atoms with E-state index in [1.807, 2.05) is 0 Å². The first-order valence-electron chi connectivity index (χ1n) is 26.4. The van der Waals surface area contributed by atoms with Crippen molar-refractivity contribution in [3.8, 4) is 0 Å². The van der Waals surface area contributed by atoms with E-state index in [1.165, 1.54) is 193 Å². The number of unbranched alkanes of at least 4 members (excludes halogenated alkanes) is 35. The van der Waals surface area contributed by atoms with Crippen LogP contribution in [-0.4, -0.2) is 37.2 Å². The highest BCUT2D eigenvalue weighted by molar-refractivity contribution is 5.71. The van der Waals surface area contributed by atoms with Gasteiger partial charge in [-0.15, -0.1) is 0 Å². The SMILES string of the molecule is CCCCCCCCCCCCCCCCCCC(=O)OC[C@H](COC(=O)CCCCCCCCCCCCC)OC(=O)CCCCCCCCCCCCCC(C)C. The van der Waals surface area contributed by atoms with Crippen LogP contribution in [0, 0.1) is 5.92 Å². The third kappa shape index (κ3) is 47.3. The Bertz CT molecular complexity index is 887. The zero-order valence-electron chi connectivity index (χ0n) is 40.2. The molecule has 1 atom stereocenters. The molecule has 0 heterocycles. The van der Waals surface area contributed by atoms with E-state index in [0.717, 1.165) is 63.7 Å². The molecule has 0 N–H and O–H groups in total. The van der Waals surface area contributed by atoms with E-state index in [0.29, 0.717) is 19.3 Å². The number of carbonyl (C=O) groups is 3. The van der Waals surface area contributed by atoms with Crippen LogP contribution in [0.15, 0.2) is 0 Å². The number of esters is 3. The highest BCUT2D eigenvalue weighted by atomic mass is 16.6. The molecule has 0 radical (unpaired) electrons. The third-order valence-corrected chi connectivity index (χ3v) is 12.0. The number of carbonyl (C=O) groups excluding carboxylic acids is 3. The molecular weight excluding hydrogens is 733 g/mol. The fourth-order valence-corrected chi connectivity index (χ4v) is 8.04. The molecule has 6 nitrogen and oxygen atoms in total. The number of rotatable bonds is 48. The summed E-state index contributed by atoms with van der Waals surface area (Å²) in [4.78, 5) is 37.9. The quantitative estimate of drug-likeness (QED) is 0.0345. The van der Waals surface area contributed by atoms with Gasteiger partial charge in [-0.3, -0.25) is 14.4 Å². The van der Waals surface area contributed by atoms with Gasteiger partial charge >= 0.3 is 17.9 Å². The van der Waals surface area contributed by atoms with Gasteiger partial charge < -0.3 is 14.2 Å². The highest BCUT2D eigenvalue weighted by Crippen LogP contribution is 2.17. The monoisotopic (exact) mass is 835 g/mol. The van der Waals surface area contributed by atoms with Crippen molar-refractivity contribution in [2.75, 3.05) is 13.2 Å². The van der Waals surface area contributed by atoms with Crippen molar-refractivity contribution in [1.82, 2.24) is 0 Å². The Hall–Kier alpha value is -1.59. The van der Waals surface area contributed by atoms with E-state index in [1.54, 1.807) is 0 Å². The lowest BCUT2D eigenvalue weighted by molar-refractivity contribution is -0.167. The van der Waals surface area contributed by atoms with Crippen LogP contribution in [0.1, 0.15) is 297 Å². The standard InChI is InChI=1S/C53H102O6/c1-5-7-9-11-13-15-17-18-19-20-21-25-29-33-37-41-45-52(55)58-48-50(47-57-51(54)44-40-36-32-28-23-16-14-12-10-8-6-2)59-53(56)46-42-38-34-30-26-22-24-27-31-35-39-43-49(3)4/h49-50H,5-48H2,1-4H3/t50-/m0/s1. The zero-order valence-corrected chi connectivity index (χ0v) is 40.2. The third-order valence-electron chi connectivity index (χ3n) is 12.0. The lowest BCUT2D eigenvalue weighted by Gasteiger charge is -2.18. The highest BCUT2D eigenvalue weighted by Gasteiger charge is 2.19. The fraction of sp³-hybridized carbons (Fsp3) is 0.943. The minimum absolute atomic E-state index is 0.0626. The van der Waals surface area contributed by atoms with Crippen molar-refractivity contribution < 1.29 is 28.6 Å². The lowest BCUT2D eigenvalue weighted by atomic mass is 10.0. The van der Waals surface area contributed by atoms with Gasteiger partial charge in [0.25, 0.3) is 0 Å². The van der Waals surface area contributed by atoms with Crippen molar-refractivity contribution in [3.63, 3.8) is 0 Å². The predicted octanol–water partition coefficient (Wildman–Crippen LogP) is 17.1. The predicted molar refractivity (Wildman–Crippen MR) is 252 cm³/mol. The van der Waals surface area contributed by atoms with Crippen LogP contribution in [0.25, 0.3) is 0 Å². The molecule has 0 aliphatic heterocycles. The molecule has 6 heteroatoms. The average molecular weight is 835 g/mol. The lowest BCUT2D eigenvalue weighted by Crippen LogP contribution is -2.30. The van der Waals surface area contributed by atoms with Crippen molar-refractivity contribution in [2.24, 2.45) is 5.92 Å². The van der Waals surface area contributed by atoms with Gasteiger partial charge in [-0.1, -0.05) is 259 Å². The summed E-state index contributed by atoms with van der Waals surface area (Å²) in [7, 11) is 0. The smallest absolute Gasteiger partial charge is 0.306 e. The second-order valence-corrected chi connectivity index (χ2v) is 18.6. The molecule has 59 heavy (non-hydrogen) atoms. The molecule has 0 aliphatic carbocycles. The first-order valence-corrected chi connectivity index (χ1v) is 26.4. The number of hydrogen-bond donors (Lipinski definition) is 0. The summed E-state index contributed by atoms with van der Waals surface area (Å²) >= 11 is 0. The first-order chi connectivity index (χ1) is 28.9. The van der Waals surface area contributed by atoms with Gasteiger partial charge in [0.05, 0.1) is 0 Å². The minimum atomic E-state index is -0.760. The van der Waals surface area contributed by atoms with Crippen molar-refractivity contribution in [1.29, 1.82) is 0 Å². The maximum absolute atomic E-state index is 12.8. The topological polar surface area (TPSA) is 78.9 Å². The van der Waals surface area contributed by atoms with Crippen LogP contribution < -0.4 is 0 Å². The summed E-state index contributed by atoms with van der Waals surface area (Å²) in [5.74, 6) is -0.0187. The summed E-state index contributed by atoms with van der Waals surface area (Å²) in [5, 5.41) is 0. The second kappa shape index (κ2) is 47.5. The summed E-state index contributed by atoms with van der Waals surface area (Å²) in [6, 6.07) is 0. The minimum Gasteiger partial charge on any atom is -0.462 e. The van der Waals surface area contributed by atoms with E-state index in [2.05, 4.69) is 27.7 Å². The van der Waals surface area contributed by atoms with Crippen LogP contribution in [0.5, 0.6) is 0 Å². The van der Waals surface area contributed by atoms with Gasteiger partial charge in [-0.25, -0.2) is 0 Å². The van der Waals surface area contributed by atoms with Gasteiger partial charge in [0.15, 0.2) is 6.10 Å². The molecule has 0 aromatic rings. The molecule has 0 saturated heterocycles. The largest absolute Gasteiger partial charge is 0.462 e. The Morgan fingerprint density at radius 3 is 0.831 bits per heavy atom. The van der Waals surface area contributed by atoms with E-state index in [9.17, 15) is 14.4 Å². The first kappa shape index (κ1) is 57.4.